The maximum absolute atomic E-state index is 13.2. The van der Waals surface area contributed by atoms with Crippen molar-refractivity contribution in [3.8, 4) is 0 Å². The Bertz CT molecular complexity index is 1210. The molecule has 4 rings (SSSR count). The van der Waals surface area contributed by atoms with Crippen molar-refractivity contribution in [1.29, 1.82) is 0 Å². The largest absolute Gasteiger partial charge is 0.325 e. The number of aromatic nitrogens is 1. The average molecular weight is 483 g/mol. The topological polar surface area (TPSA) is 91.4 Å². The molecule has 33 heavy (non-hydrogen) atoms. The lowest BCUT2D eigenvalue weighted by Gasteiger charge is -2.25. The Morgan fingerprint density at radius 2 is 1.97 bits per heavy atom. The molecule has 9 heteroatoms. The van der Waals surface area contributed by atoms with E-state index in [1.807, 2.05) is 50.2 Å². The molecular weight excluding hydrogens is 460 g/mol. The number of carbonyl (C=O) groups excluding carboxylic acids is 3. The van der Waals surface area contributed by atoms with E-state index in [2.05, 4.69) is 15.6 Å². The van der Waals surface area contributed by atoms with Crippen molar-refractivity contribution in [2.24, 2.45) is 0 Å². The van der Waals surface area contributed by atoms with Gasteiger partial charge in [-0.15, -0.1) is 11.3 Å². The number of thiazole rings is 1. The van der Waals surface area contributed by atoms with Crippen LogP contribution < -0.4 is 10.6 Å². The molecule has 1 saturated heterocycles. The standard InChI is InChI=1S/C24H23ClN4O3S/c1-3-24(17-7-5-4-6-8-17)21(31)29(23(32)28-24)14-20(30)27-22-26-13-18(33-22)11-16-10-9-15(2)19(25)12-16/h4-10,12-13H,3,11,14H2,1-2H3,(H,28,32)(H,26,27,30). The summed E-state index contributed by atoms with van der Waals surface area (Å²) in [6.45, 7) is 3.39. The highest BCUT2D eigenvalue weighted by Gasteiger charge is 2.51. The first-order chi connectivity index (χ1) is 15.8. The molecule has 0 aliphatic carbocycles. The second kappa shape index (κ2) is 9.33. The lowest BCUT2D eigenvalue weighted by Crippen LogP contribution is -2.44. The van der Waals surface area contributed by atoms with Crippen molar-refractivity contribution in [1.82, 2.24) is 15.2 Å². The summed E-state index contributed by atoms with van der Waals surface area (Å²) in [7, 11) is 0. The minimum Gasteiger partial charge on any atom is -0.319 e. The fourth-order valence-electron chi connectivity index (χ4n) is 3.83. The molecule has 1 fully saturated rings. The van der Waals surface area contributed by atoms with Gasteiger partial charge in [0, 0.05) is 22.5 Å². The molecule has 2 aromatic carbocycles. The molecule has 1 aliphatic rings. The average Bonchev–Trinajstić information content (AvgIpc) is 3.34. The molecule has 1 aliphatic heterocycles. The molecule has 4 amide bonds. The minimum absolute atomic E-state index is 0.374. The highest BCUT2D eigenvalue weighted by Crippen LogP contribution is 2.32. The number of nitrogens with zero attached hydrogens (tertiary/aromatic N) is 2. The number of aryl methyl sites for hydroxylation is 1. The third-order valence-corrected chi connectivity index (χ3v) is 7.01. The van der Waals surface area contributed by atoms with E-state index in [1.54, 1.807) is 18.3 Å². The molecule has 0 saturated carbocycles. The van der Waals surface area contributed by atoms with Crippen LogP contribution in [-0.2, 0) is 21.5 Å². The first-order valence-electron chi connectivity index (χ1n) is 10.5. The second-order valence-electron chi connectivity index (χ2n) is 7.89. The van der Waals surface area contributed by atoms with Gasteiger partial charge < -0.3 is 10.6 Å². The van der Waals surface area contributed by atoms with E-state index in [9.17, 15) is 14.4 Å². The van der Waals surface area contributed by atoms with Crippen LogP contribution in [-0.4, -0.2) is 34.3 Å². The maximum Gasteiger partial charge on any atom is 0.325 e. The van der Waals surface area contributed by atoms with Gasteiger partial charge in [-0.05, 0) is 36.1 Å². The lowest BCUT2D eigenvalue weighted by atomic mass is 9.87. The van der Waals surface area contributed by atoms with E-state index in [0.717, 1.165) is 20.9 Å². The number of imide groups is 1. The summed E-state index contributed by atoms with van der Waals surface area (Å²) in [5.74, 6) is -0.926. The Morgan fingerprint density at radius 3 is 2.67 bits per heavy atom. The first-order valence-corrected chi connectivity index (χ1v) is 11.7. The minimum atomic E-state index is -1.16. The van der Waals surface area contributed by atoms with Crippen molar-refractivity contribution in [2.45, 2.75) is 32.2 Å². The van der Waals surface area contributed by atoms with Crippen LogP contribution in [0.1, 0.15) is 34.9 Å². The summed E-state index contributed by atoms with van der Waals surface area (Å²) in [4.78, 5) is 44.5. The van der Waals surface area contributed by atoms with Gasteiger partial charge in [0.15, 0.2) is 5.13 Å². The number of hydrogen-bond acceptors (Lipinski definition) is 5. The predicted octanol–water partition coefficient (Wildman–Crippen LogP) is 4.49. The fraction of sp³-hybridized carbons (Fsp3) is 0.250. The van der Waals surface area contributed by atoms with Crippen LogP contribution in [0.15, 0.2) is 54.7 Å². The molecule has 1 aromatic heterocycles. The van der Waals surface area contributed by atoms with Gasteiger partial charge in [-0.2, -0.15) is 0 Å². The van der Waals surface area contributed by atoms with E-state index < -0.39 is 23.4 Å². The summed E-state index contributed by atoms with van der Waals surface area (Å²) in [6.07, 6.45) is 2.70. The summed E-state index contributed by atoms with van der Waals surface area (Å²) in [5, 5.41) is 6.58. The number of hydrogen-bond donors (Lipinski definition) is 2. The molecule has 7 nitrogen and oxygen atoms in total. The zero-order valence-electron chi connectivity index (χ0n) is 18.2. The number of anilines is 1. The van der Waals surface area contributed by atoms with Gasteiger partial charge in [-0.1, -0.05) is 61.0 Å². The molecule has 2 N–H and O–H groups in total. The molecular formula is C24H23ClN4O3S. The first kappa shape index (κ1) is 22.9. The van der Waals surface area contributed by atoms with Crippen LogP contribution in [0.4, 0.5) is 9.93 Å². The van der Waals surface area contributed by atoms with E-state index in [-0.39, 0.29) is 6.54 Å². The summed E-state index contributed by atoms with van der Waals surface area (Å²) in [6, 6.07) is 14.4. The molecule has 2 heterocycles. The van der Waals surface area contributed by atoms with Crippen LogP contribution >= 0.6 is 22.9 Å². The maximum atomic E-state index is 13.2. The second-order valence-corrected chi connectivity index (χ2v) is 9.41. The predicted molar refractivity (Wildman–Crippen MR) is 128 cm³/mol. The molecule has 1 unspecified atom stereocenters. The number of nitrogens with one attached hydrogen (secondary N) is 2. The Labute approximate surface area is 200 Å². The Morgan fingerprint density at radius 1 is 1.21 bits per heavy atom. The number of rotatable bonds is 7. The van der Waals surface area contributed by atoms with Crippen molar-refractivity contribution in [3.63, 3.8) is 0 Å². The SMILES string of the molecule is CCC1(c2ccccc2)NC(=O)N(CC(=O)Nc2ncc(Cc3ccc(C)c(Cl)c3)s2)C1=O. The van der Waals surface area contributed by atoms with E-state index in [1.165, 1.54) is 11.3 Å². The Hall–Kier alpha value is -3.23. The van der Waals surface area contributed by atoms with E-state index >= 15 is 0 Å². The normalized spacial score (nSPS) is 17.8. The van der Waals surface area contributed by atoms with Crippen molar-refractivity contribution in [2.75, 3.05) is 11.9 Å². The summed E-state index contributed by atoms with van der Waals surface area (Å²) < 4.78 is 0. The van der Waals surface area contributed by atoms with Gasteiger partial charge in [0.05, 0.1) is 0 Å². The van der Waals surface area contributed by atoms with Crippen molar-refractivity contribution >= 4 is 45.9 Å². The Balaban J connectivity index is 1.41. The van der Waals surface area contributed by atoms with E-state index in [4.69, 9.17) is 11.6 Å². The number of carbonyl (C=O) groups is 3. The van der Waals surface area contributed by atoms with Gasteiger partial charge in [0.1, 0.15) is 12.1 Å². The zero-order valence-corrected chi connectivity index (χ0v) is 19.8. The fourth-order valence-corrected chi connectivity index (χ4v) is 4.89. The zero-order chi connectivity index (χ0) is 23.6. The van der Waals surface area contributed by atoms with Crippen LogP contribution in [0.25, 0.3) is 0 Å². The molecule has 0 bridgehead atoms. The van der Waals surface area contributed by atoms with E-state index in [0.29, 0.717) is 28.6 Å². The molecule has 0 radical (unpaired) electrons. The van der Waals surface area contributed by atoms with Crippen LogP contribution in [0.2, 0.25) is 5.02 Å². The van der Waals surface area contributed by atoms with Gasteiger partial charge in [0.25, 0.3) is 5.91 Å². The van der Waals surface area contributed by atoms with Crippen LogP contribution in [0.5, 0.6) is 0 Å². The highest BCUT2D eigenvalue weighted by atomic mass is 35.5. The molecule has 0 spiro atoms. The van der Waals surface area contributed by atoms with Crippen molar-refractivity contribution in [3.05, 3.63) is 81.3 Å². The third kappa shape index (κ3) is 4.62. The van der Waals surface area contributed by atoms with Gasteiger partial charge in [0.2, 0.25) is 5.91 Å². The quantitative estimate of drug-likeness (QED) is 0.485. The highest BCUT2D eigenvalue weighted by molar-refractivity contribution is 7.15. The van der Waals surface area contributed by atoms with Gasteiger partial charge in [-0.25, -0.2) is 9.78 Å². The number of halogens is 1. The Kier molecular flexibility index (Phi) is 6.49. The number of amides is 4. The van der Waals surface area contributed by atoms with Crippen LogP contribution in [0.3, 0.4) is 0 Å². The van der Waals surface area contributed by atoms with Crippen LogP contribution in [0, 0.1) is 6.92 Å². The van der Waals surface area contributed by atoms with Gasteiger partial charge in [-0.3, -0.25) is 14.5 Å². The third-order valence-electron chi connectivity index (χ3n) is 5.69. The molecule has 3 aromatic rings. The number of urea groups is 1. The summed E-state index contributed by atoms with van der Waals surface area (Å²) >= 11 is 7.53. The summed E-state index contributed by atoms with van der Waals surface area (Å²) in [5.41, 5.74) is 1.58. The molecule has 1 atom stereocenters. The van der Waals surface area contributed by atoms with Gasteiger partial charge >= 0.3 is 6.03 Å². The number of benzene rings is 2. The van der Waals surface area contributed by atoms with Crippen molar-refractivity contribution < 1.29 is 14.4 Å². The lowest BCUT2D eigenvalue weighted by molar-refractivity contribution is -0.134. The monoisotopic (exact) mass is 482 g/mol. The molecule has 170 valence electrons. The smallest absolute Gasteiger partial charge is 0.319 e.